The maximum Gasteiger partial charge on any atom is 0.168 e. The maximum atomic E-state index is 7.71. The quantitative estimate of drug-likeness (QED) is 0.566. The molecule has 1 rings (SSSR count). The minimum Gasteiger partial charge on any atom is -0.306 e. The topological polar surface area (TPSA) is 47.9 Å². The van der Waals surface area contributed by atoms with Crippen molar-refractivity contribution in [2.45, 2.75) is 0 Å². The molecule has 4 nitrogen and oxygen atoms in total. The first-order chi connectivity index (χ1) is 5.33. The summed E-state index contributed by atoms with van der Waals surface area (Å²) in [6, 6.07) is 6.33. The van der Waals surface area contributed by atoms with Crippen molar-refractivity contribution in [1.82, 2.24) is 0 Å². The fourth-order valence-corrected chi connectivity index (χ4v) is 0.671. The number of rotatable bonds is 3. The van der Waals surface area contributed by atoms with Gasteiger partial charge in [0.1, 0.15) is 0 Å². The zero-order valence-electron chi connectivity index (χ0n) is 5.36. The molecule has 5 heteroatoms. The van der Waals surface area contributed by atoms with Crippen molar-refractivity contribution in [3.05, 3.63) is 29.3 Å². The molecule has 0 aliphatic rings. The van der Waals surface area contributed by atoms with Crippen molar-refractivity contribution in [3.8, 4) is 5.75 Å². The van der Waals surface area contributed by atoms with E-state index >= 15 is 0 Å². The van der Waals surface area contributed by atoms with Gasteiger partial charge in [-0.2, -0.15) is 0 Å². The molecule has 1 aromatic rings. The highest BCUT2D eigenvalue weighted by molar-refractivity contribution is 6.30. The fourth-order valence-electron chi connectivity index (χ4n) is 0.545. The van der Waals surface area contributed by atoms with Crippen LogP contribution in [-0.2, 0) is 10.1 Å². The van der Waals surface area contributed by atoms with E-state index < -0.39 is 0 Å². The van der Waals surface area contributed by atoms with Crippen molar-refractivity contribution in [1.29, 1.82) is 0 Å². The molecule has 0 amide bonds. The van der Waals surface area contributed by atoms with Crippen LogP contribution in [0.3, 0.4) is 0 Å². The second-order valence-corrected chi connectivity index (χ2v) is 2.12. The Morgan fingerprint density at radius 1 is 1.18 bits per heavy atom. The van der Waals surface area contributed by atoms with Gasteiger partial charge in [0, 0.05) is 10.1 Å². The predicted octanol–water partition coefficient (Wildman–Crippen LogP) is 2.05. The van der Waals surface area contributed by atoms with E-state index in [1.807, 2.05) is 0 Å². The van der Waals surface area contributed by atoms with Crippen LogP contribution in [0.15, 0.2) is 24.3 Å². The molecule has 60 valence electrons. The maximum absolute atomic E-state index is 7.71. The number of halogens is 1. The van der Waals surface area contributed by atoms with E-state index in [1.54, 1.807) is 24.3 Å². The van der Waals surface area contributed by atoms with Crippen LogP contribution >= 0.6 is 11.6 Å². The second kappa shape index (κ2) is 4.15. The third-order valence-electron chi connectivity index (χ3n) is 0.974. The third kappa shape index (κ3) is 2.73. The Balaban J connectivity index is 2.52. The molecule has 0 fully saturated rings. The Morgan fingerprint density at radius 2 is 1.82 bits per heavy atom. The Morgan fingerprint density at radius 3 is 2.36 bits per heavy atom. The van der Waals surface area contributed by atoms with Crippen LogP contribution in [0.5, 0.6) is 5.75 Å². The summed E-state index contributed by atoms with van der Waals surface area (Å²) in [5, 5.41) is 15.3. The first-order valence-electron chi connectivity index (χ1n) is 2.73. The molecular weight excluding hydrogens is 172 g/mol. The van der Waals surface area contributed by atoms with Crippen molar-refractivity contribution in [2.24, 2.45) is 0 Å². The molecular formula is C6H5ClO4. The summed E-state index contributed by atoms with van der Waals surface area (Å²) >= 11 is 5.57. The average molecular weight is 177 g/mol. The minimum atomic E-state index is 0.378. The normalized spacial score (nSPS) is 9.64. The lowest BCUT2D eigenvalue weighted by Crippen LogP contribution is -1.94. The lowest BCUT2D eigenvalue weighted by atomic mass is 10.3. The van der Waals surface area contributed by atoms with E-state index in [-0.39, 0.29) is 0 Å². The van der Waals surface area contributed by atoms with Crippen LogP contribution in [0.1, 0.15) is 0 Å². The largest absolute Gasteiger partial charge is 0.306 e. The molecule has 0 atom stereocenters. The lowest BCUT2D eigenvalue weighted by Gasteiger charge is -1.97. The monoisotopic (exact) mass is 176 g/mol. The van der Waals surface area contributed by atoms with Gasteiger partial charge < -0.3 is 4.89 Å². The van der Waals surface area contributed by atoms with Crippen molar-refractivity contribution < 1.29 is 20.2 Å². The summed E-state index contributed by atoms with van der Waals surface area (Å²) in [7, 11) is 0. The van der Waals surface area contributed by atoms with Gasteiger partial charge in [0.25, 0.3) is 0 Å². The van der Waals surface area contributed by atoms with Crippen molar-refractivity contribution in [2.75, 3.05) is 0 Å². The lowest BCUT2D eigenvalue weighted by molar-refractivity contribution is -0.594. The summed E-state index contributed by atoms with van der Waals surface area (Å²) < 4.78 is 0. The summed E-state index contributed by atoms with van der Waals surface area (Å²) in [4.78, 5) is 4.38. The van der Waals surface area contributed by atoms with Gasteiger partial charge in [-0.1, -0.05) is 11.6 Å². The smallest absolute Gasteiger partial charge is 0.168 e. The Hall–Kier alpha value is -0.810. The summed E-state index contributed by atoms with van der Waals surface area (Å²) in [6.07, 6.45) is 0. The highest BCUT2D eigenvalue weighted by atomic mass is 35.5. The third-order valence-corrected chi connectivity index (χ3v) is 1.23. The SMILES string of the molecule is OOOOc1ccc(Cl)cc1. The van der Waals surface area contributed by atoms with E-state index in [2.05, 4.69) is 15.0 Å². The van der Waals surface area contributed by atoms with Gasteiger partial charge in [-0.3, -0.25) is 0 Å². The molecule has 0 spiro atoms. The standard InChI is InChI=1S/C6H5ClO4/c7-5-1-3-6(4-2-5)9-11-10-8/h1-4,8H. The number of hydrogen-bond acceptors (Lipinski definition) is 4. The van der Waals surface area contributed by atoms with Crippen LogP contribution in [0.2, 0.25) is 5.02 Å². The van der Waals surface area contributed by atoms with E-state index in [9.17, 15) is 0 Å². The molecule has 0 aliphatic heterocycles. The average Bonchev–Trinajstić information content (AvgIpc) is 2.04. The van der Waals surface area contributed by atoms with E-state index in [4.69, 9.17) is 16.9 Å². The fraction of sp³-hybridized carbons (Fsp3) is 0. The van der Waals surface area contributed by atoms with Crippen LogP contribution in [0.4, 0.5) is 0 Å². The van der Waals surface area contributed by atoms with Gasteiger partial charge in [0.05, 0.1) is 0 Å². The number of hydrogen-bond donors (Lipinski definition) is 1. The van der Waals surface area contributed by atoms with Gasteiger partial charge in [0.2, 0.25) is 0 Å². The number of benzene rings is 1. The molecule has 0 saturated carbocycles. The Kier molecular flexibility index (Phi) is 3.13. The Bertz CT molecular complexity index is 210. The van der Waals surface area contributed by atoms with Crippen molar-refractivity contribution >= 4 is 11.6 Å². The van der Waals surface area contributed by atoms with E-state index in [1.165, 1.54) is 0 Å². The van der Waals surface area contributed by atoms with Gasteiger partial charge in [-0.25, -0.2) is 5.26 Å². The molecule has 0 bridgehead atoms. The van der Waals surface area contributed by atoms with Crippen LogP contribution in [0, 0.1) is 0 Å². The zero-order chi connectivity index (χ0) is 8.10. The highest BCUT2D eigenvalue weighted by Gasteiger charge is 1.93. The van der Waals surface area contributed by atoms with Gasteiger partial charge in [0.15, 0.2) is 5.75 Å². The predicted molar refractivity (Wildman–Crippen MR) is 36.9 cm³/mol. The Labute approximate surface area is 67.7 Å². The first-order valence-corrected chi connectivity index (χ1v) is 3.11. The minimum absolute atomic E-state index is 0.378. The molecule has 0 saturated heterocycles. The van der Waals surface area contributed by atoms with Crippen LogP contribution < -0.4 is 4.89 Å². The van der Waals surface area contributed by atoms with Gasteiger partial charge in [-0.05, 0) is 29.3 Å². The molecule has 0 unspecified atom stereocenters. The molecule has 1 aromatic carbocycles. The molecule has 0 aliphatic carbocycles. The van der Waals surface area contributed by atoms with Gasteiger partial charge >= 0.3 is 0 Å². The first kappa shape index (κ1) is 8.29. The van der Waals surface area contributed by atoms with Crippen LogP contribution in [0.25, 0.3) is 0 Å². The molecule has 11 heavy (non-hydrogen) atoms. The molecule has 0 aromatic heterocycles. The second-order valence-electron chi connectivity index (χ2n) is 1.68. The van der Waals surface area contributed by atoms with E-state index in [0.29, 0.717) is 10.8 Å². The zero-order valence-corrected chi connectivity index (χ0v) is 6.12. The van der Waals surface area contributed by atoms with Crippen LogP contribution in [-0.4, -0.2) is 5.26 Å². The highest BCUT2D eigenvalue weighted by Crippen LogP contribution is 2.15. The van der Waals surface area contributed by atoms with Gasteiger partial charge in [-0.15, -0.1) is 0 Å². The summed E-state index contributed by atoms with van der Waals surface area (Å²) in [5.41, 5.74) is 0. The summed E-state index contributed by atoms with van der Waals surface area (Å²) in [5.74, 6) is 0.378. The van der Waals surface area contributed by atoms with E-state index in [0.717, 1.165) is 0 Å². The molecule has 1 N–H and O–H groups in total. The van der Waals surface area contributed by atoms with Crippen molar-refractivity contribution in [3.63, 3.8) is 0 Å². The summed E-state index contributed by atoms with van der Waals surface area (Å²) in [6.45, 7) is 0. The molecule has 0 radical (unpaired) electrons. The molecule has 0 heterocycles.